The van der Waals surface area contributed by atoms with E-state index in [9.17, 15) is 0 Å². The van der Waals surface area contributed by atoms with E-state index in [1.165, 1.54) is 16.7 Å². The van der Waals surface area contributed by atoms with Gasteiger partial charge in [0, 0.05) is 0 Å². The SMILES string of the molecule is Cc1ccc2nc(CN(Cc3nc4ccc(C)cc4[nH]3)Cc3nc4ccc(C)cc4[nH]3)[nH]c2c1. The summed E-state index contributed by atoms with van der Waals surface area (Å²) in [6.45, 7) is 8.25. The van der Waals surface area contributed by atoms with Crippen molar-refractivity contribution in [3.63, 3.8) is 0 Å². The highest BCUT2D eigenvalue weighted by Gasteiger charge is 2.16. The molecule has 0 aliphatic rings. The molecular formula is C27H27N7. The average molecular weight is 450 g/mol. The Morgan fingerprint density at radius 2 is 0.853 bits per heavy atom. The predicted molar refractivity (Wildman–Crippen MR) is 135 cm³/mol. The maximum atomic E-state index is 4.83. The summed E-state index contributed by atoms with van der Waals surface area (Å²) in [5.74, 6) is 2.79. The molecular weight excluding hydrogens is 422 g/mol. The molecule has 0 radical (unpaired) electrons. The van der Waals surface area contributed by atoms with Crippen molar-refractivity contribution in [3.05, 3.63) is 88.8 Å². The zero-order valence-electron chi connectivity index (χ0n) is 19.6. The number of aromatic amines is 3. The Morgan fingerprint density at radius 1 is 0.529 bits per heavy atom. The number of aromatic nitrogens is 6. The van der Waals surface area contributed by atoms with Crippen molar-refractivity contribution in [2.24, 2.45) is 0 Å². The van der Waals surface area contributed by atoms with Crippen LogP contribution < -0.4 is 0 Å². The largest absolute Gasteiger partial charge is 0.341 e. The zero-order valence-corrected chi connectivity index (χ0v) is 19.6. The van der Waals surface area contributed by atoms with Crippen LogP contribution in [0.25, 0.3) is 33.1 Å². The van der Waals surface area contributed by atoms with Gasteiger partial charge in [0.15, 0.2) is 0 Å². The summed E-state index contributed by atoms with van der Waals surface area (Å²) in [4.78, 5) is 27.3. The van der Waals surface area contributed by atoms with E-state index >= 15 is 0 Å². The van der Waals surface area contributed by atoms with Crippen LogP contribution in [0.1, 0.15) is 34.2 Å². The van der Waals surface area contributed by atoms with Crippen LogP contribution in [0.4, 0.5) is 0 Å². The molecule has 0 saturated carbocycles. The van der Waals surface area contributed by atoms with Crippen LogP contribution in [-0.2, 0) is 19.6 Å². The monoisotopic (exact) mass is 449 g/mol. The maximum absolute atomic E-state index is 4.83. The predicted octanol–water partition coefficient (Wildman–Crippen LogP) is 5.44. The molecule has 0 unspecified atom stereocenters. The first-order valence-electron chi connectivity index (χ1n) is 11.6. The molecule has 3 aromatic heterocycles. The van der Waals surface area contributed by atoms with Crippen LogP contribution in [0.5, 0.6) is 0 Å². The number of nitrogens with one attached hydrogen (secondary N) is 3. The highest BCUT2D eigenvalue weighted by molar-refractivity contribution is 5.77. The van der Waals surface area contributed by atoms with Crippen molar-refractivity contribution in [2.75, 3.05) is 0 Å². The van der Waals surface area contributed by atoms with Crippen LogP contribution in [-0.4, -0.2) is 34.8 Å². The van der Waals surface area contributed by atoms with E-state index in [4.69, 9.17) is 15.0 Å². The Morgan fingerprint density at radius 3 is 1.18 bits per heavy atom. The van der Waals surface area contributed by atoms with Gasteiger partial charge in [0.1, 0.15) is 17.5 Å². The van der Waals surface area contributed by atoms with Gasteiger partial charge in [0.25, 0.3) is 0 Å². The van der Waals surface area contributed by atoms with Crippen molar-refractivity contribution in [2.45, 2.75) is 40.4 Å². The van der Waals surface area contributed by atoms with E-state index in [2.05, 4.69) is 95.2 Å². The lowest BCUT2D eigenvalue weighted by Crippen LogP contribution is -2.24. The van der Waals surface area contributed by atoms with Crippen molar-refractivity contribution >= 4 is 33.1 Å². The second-order valence-electron chi connectivity index (χ2n) is 9.26. The third-order valence-electron chi connectivity index (χ3n) is 6.18. The Kier molecular flexibility index (Phi) is 4.92. The van der Waals surface area contributed by atoms with Crippen molar-refractivity contribution in [1.82, 2.24) is 34.8 Å². The lowest BCUT2D eigenvalue weighted by molar-refractivity contribution is 0.232. The fourth-order valence-electron chi connectivity index (χ4n) is 4.56. The van der Waals surface area contributed by atoms with Gasteiger partial charge < -0.3 is 15.0 Å². The normalized spacial score (nSPS) is 12.0. The van der Waals surface area contributed by atoms with Gasteiger partial charge in [0.05, 0.1) is 52.7 Å². The Labute approximate surface area is 197 Å². The number of rotatable bonds is 6. The number of hydrogen-bond acceptors (Lipinski definition) is 4. The van der Waals surface area contributed by atoms with Gasteiger partial charge in [-0.25, -0.2) is 15.0 Å². The molecule has 7 nitrogen and oxygen atoms in total. The van der Waals surface area contributed by atoms with Crippen molar-refractivity contribution in [1.29, 1.82) is 0 Å². The molecule has 7 heteroatoms. The van der Waals surface area contributed by atoms with Crippen LogP contribution in [0.15, 0.2) is 54.6 Å². The molecule has 0 bridgehead atoms. The van der Waals surface area contributed by atoms with Crippen LogP contribution in [0.2, 0.25) is 0 Å². The summed E-state index contributed by atoms with van der Waals surface area (Å²) < 4.78 is 0. The first kappa shape index (κ1) is 20.6. The summed E-state index contributed by atoms with van der Waals surface area (Å²) in [6.07, 6.45) is 0. The third kappa shape index (κ3) is 4.06. The number of fused-ring (bicyclic) bond motifs is 3. The van der Waals surface area contributed by atoms with Crippen LogP contribution in [0, 0.1) is 20.8 Å². The topological polar surface area (TPSA) is 89.3 Å². The van der Waals surface area contributed by atoms with Gasteiger partial charge in [-0.3, -0.25) is 4.90 Å². The maximum Gasteiger partial charge on any atom is 0.121 e. The van der Waals surface area contributed by atoms with Crippen LogP contribution in [0.3, 0.4) is 0 Å². The molecule has 0 amide bonds. The Balaban J connectivity index is 1.32. The van der Waals surface area contributed by atoms with E-state index in [0.29, 0.717) is 19.6 Å². The lowest BCUT2D eigenvalue weighted by atomic mass is 10.2. The summed E-state index contributed by atoms with van der Waals surface area (Å²) in [5, 5.41) is 0. The minimum atomic E-state index is 0.653. The molecule has 34 heavy (non-hydrogen) atoms. The first-order chi connectivity index (χ1) is 16.5. The van der Waals surface area contributed by atoms with E-state index < -0.39 is 0 Å². The molecule has 0 spiro atoms. The molecule has 3 N–H and O–H groups in total. The molecule has 0 aliphatic carbocycles. The van der Waals surface area contributed by atoms with Crippen molar-refractivity contribution < 1.29 is 0 Å². The number of H-pyrrole nitrogens is 3. The molecule has 0 saturated heterocycles. The minimum Gasteiger partial charge on any atom is -0.341 e. The third-order valence-corrected chi connectivity index (χ3v) is 6.18. The smallest absolute Gasteiger partial charge is 0.121 e. The standard InChI is InChI=1S/C27H27N7/c1-16-4-7-19-22(10-16)31-25(28-19)13-34(14-26-29-20-8-5-17(2)11-23(20)32-26)15-27-30-21-9-6-18(3)12-24(21)33-27/h4-12H,13-15H2,1-3H3,(H,28,31)(H,29,32)(H,30,33). The second kappa shape index (κ2) is 8.11. The molecule has 0 atom stereocenters. The van der Waals surface area contributed by atoms with Gasteiger partial charge in [-0.1, -0.05) is 18.2 Å². The summed E-state index contributed by atoms with van der Waals surface area (Å²) in [6, 6.07) is 18.9. The van der Waals surface area contributed by atoms with Gasteiger partial charge in [-0.05, 0) is 73.9 Å². The molecule has 6 rings (SSSR count). The Hall–Kier alpha value is -3.97. The Bertz CT molecular complexity index is 1440. The number of hydrogen-bond donors (Lipinski definition) is 3. The summed E-state index contributed by atoms with van der Waals surface area (Å²) >= 11 is 0. The fraction of sp³-hybridized carbons (Fsp3) is 0.222. The quantitative estimate of drug-likeness (QED) is 0.316. The number of benzene rings is 3. The van der Waals surface area contributed by atoms with Gasteiger partial charge >= 0.3 is 0 Å². The minimum absolute atomic E-state index is 0.653. The first-order valence-corrected chi connectivity index (χ1v) is 11.6. The molecule has 3 aromatic carbocycles. The lowest BCUT2D eigenvalue weighted by Gasteiger charge is -2.18. The highest BCUT2D eigenvalue weighted by Crippen LogP contribution is 2.20. The van der Waals surface area contributed by atoms with E-state index in [1.54, 1.807) is 0 Å². The molecule has 170 valence electrons. The average Bonchev–Trinajstić information content (AvgIpc) is 3.48. The number of nitrogens with zero attached hydrogens (tertiary/aromatic N) is 4. The zero-order chi connectivity index (χ0) is 23.2. The van der Waals surface area contributed by atoms with Crippen molar-refractivity contribution in [3.8, 4) is 0 Å². The number of aryl methyl sites for hydroxylation is 3. The number of imidazole rings is 3. The van der Waals surface area contributed by atoms with Gasteiger partial charge in [-0.15, -0.1) is 0 Å². The van der Waals surface area contributed by atoms with E-state index in [-0.39, 0.29) is 0 Å². The van der Waals surface area contributed by atoms with Crippen LogP contribution >= 0.6 is 0 Å². The summed E-state index contributed by atoms with van der Waals surface area (Å²) in [5.41, 5.74) is 9.80. The van der Waals surface area contributed by atoms with E-state index in [0.717, 1.165) is 50.6 Å². The molecule has 0 fully saturated rings. The van der Waals surface area contributed by atoms with Gasteiger partial charge in [0.2, 0.25) is 0 Å². The summed E-state index contributed by atoms with van der Waals surface area (Å²) in [7, 11) is 0. The molecule has 6 aromatic rings. The fourth-order valence-corrected chi connectivity index (χ4v) is 4.56. The second-order valence-corrected chi connectivity index (χ2v) is 9.26. The highest BCUT2D eigenvalue weighted by atomic mass is 15.2. The molecule has 3 heterocycles. The molecule has 0 aliphatic heterocycles. The van der Waals surface area contributed by atoms with E-state index in [1.807, 2.05) is 0 Å². The van der Waals surface area contributed by atoms with Gasteiger partial charge in [-0.2, -0.15) is 0 Å².